The standard InChI is InChI=1S/C11H12ClN3O2/c12-8-3-1-5-13-11(8)14-9(16)7-15-6-2-4-10(15)17/h1,3,5H,2,4,6-7H2,(H,13,14,16). The third-order valence-electron chi connectivity index (χ3n) is 2.52. The Hall–Kier alpha value is -1.62. The first kappa shape index (κ1) is 11.9. The van der Waals surface area contributed by atoms with Crippen LogP contribution in [0.25, 0.3) is 0 Å². The normalized spacial score (nSPS) is 15.1. The van der Waals surface area contributed by atoms with Crippen LogP contribution in [0, 0.1) is 0 Å². The molecule has 6 heteroatoms. The van der Waals surface area contributed by atoms with Crippen molar-refractivity contribution in [2.24, 2.45) is 0 Å². The molecular formula is C11H12ClN3O2. The smallest absolute Gasteiger partial charge is 0.245 e. The van der Waals surface area contributed by atoms with Crippen molar-refractivity contribution in [2.45, 2.75) is 12.8 Å². The third-order valence-corrected chi connectivity index (χ3v) is 2.83. The fourth-order valence-corrected chi connectivity index (χ4v) is 1.86. The number of carbonyl (C=O) groups excluding carboxylic acids is 2. The molecule has 1 N–H and O–H groups in total. The van der Waals surface area contributed by atoms with Crippen molar-refractivity contribution in [3.8, 4) is 0 Å². The van der Waals surface area contributed by atoms with Gasteiger partial charge >= 0.3 is 0 Å². The van der Waals surface area contributed by atoms with Crippen molar-refractivity contribution >= 4 is 29.2 Å². The Balaban J connectivity index is 1.93. The summed E-state index contributed by atoms with van der Waals surface area (Å²) >= 11 is 5.86. The van der Waals surface area contributed by atoms with Gasteiger partial charge in [-0.1, -0.05) is 11.6 Å². The summed E-state index contributed by atoms with van der Waals surface area (Å²) in [7, 11) is 0. The molecule has 5 nitrogen and oxygen atoms in total. The Bertz CT molecular complexity index is 450. The lowest BCUT2D eigenvalue weighted by Gasteiger charge is -2.14. The van der Waals surface area contributed by atoms with Gasteiger partial charge in [0.25, 0.3) is 0 Å². The quantitative estimate of drug-likeness (QED) is 0.883. The van der Waals surface area contributed by atoms with Crippen LogP contribution in [0.4, 0.5) is 5.82 Å². The van der Waals surface area contributed by atoms with Crippen LogP contribution in [0.3, 0.4) is 0 Å². The summed E-state index contributed by atoms with van der Waals surface area (Å²) in [6.45, 7) is 0.702. The molecule has 0 aromatic carbocycles. The van der Waals surface area contributed by atoms with Crippen molar-refractivity contribution in [3.05, 3.63) is 23.4 Å². The van der Waals surface area contributed by atoms with E-state index in [1.54, 1.807) is 18.3 Å². The molecule has 0 aliphatic carbocycles. The zero-order chi connectivity index (χ0) is 12.3. The number of likely N-dealkylation sites (tertiary alicyclic amines) is 1. The van der Waals surface area contributed by atoms with Crippen LogP contribution in [0.1, 0.15) is 12.8 Å². The molecule has 0 saturated carbocycles. The predicted octanol–water partition coefficient (Wildman–Crippen LogP) is 1.30. The summed E-state index contributed by atoms with van der Waals surface area (Å²) in [6, 6.07) is 3.33. The highest BCUT2D eigenvalue weighted by Crippen LogP contribution is 2.17. The molecule has 0 unspecified atom stereocenters. The van der Waals surface area contributed by atoms with Crippen LogP contribution in [0.15, 0.2) is 18.3 Å². The van der Waals surface area contributed by atoms with Crippen LogP contribution in [-0.4, -0.2) is 34.8 Å². The lowest BCUT2D eigenvalue weighted by Crippen LogP contribution is -2.34. The van der Waals surface area contributed by atoms with E-state index in [9.17, 15) is 9.59 Å². The van der Waals surface area contributed by atoms with E-state index in [-0.39, 0.29) is 18.4 Å². The van der Waals surface area contributed by atoms with Gasteiger partial charge in [0.1, 0.15) is 0 Å². The van der Waals surface area contributed by atoms with Gasteiger partial charge in [0.05, 0.1) is 11.6 Å². The van der Waals surface area contributed by atoms with E-state index in [1.165, 1.54) is 4.90 Å². The molecule has 2 rings (SSSR count). The van der Waals surface area contributed by atoms with Crippen LogP contribution in [-0.2, 0) is 9.59 Å². The van der Waals surface area contributed by atoms with Gasteiger partial charge in [-0.05, 0) is 18.6 Å². The Morgan fingerprint density at radius 3 is 3.06 bits per heavy atom. The monoisotopic (exact) mass is 253 g/mol. The number of pyridine rings is 1. The number of aromatic nitrogens is 1. The summed E-state index contributed by atoms with van der Waals surface area (Å²) in [5.74, 6) is 0.0685. The van der Waals surface area contributed by atoms with Crippen molar-refractivity contribution in [2.75, 3.05) is 18.4 Å². The fourth-order valence-electron chi connectivity index (χ4n) is 1.69. The maximum atomic E-state index is 11.7. The second-order valence-corrected chi connectivity index (χ2v) is 4.21. The van der Waals surface area contributed by atoms with Crippen LogP contribution >= 0.6 is 11.6 Å². The molecule has 0 radical (unpaired) electrons. The Morgan fingerprint density at radius 2 is 2.41 bits per heavy atom. The van der Waals surface area contributed by atoms with Gasteiger partial charge in [-0.15, -0.1) is 0 Å². The lowest BCUT2D eigenvalue weighted by molar-refractivity contribution is -0.131. The fraction of sp³-hybridized carbons (Fsp3) is 0.364. The summed E-state index contributed by atoms with van der Waals surface area (Å²) in [5.41, 5.74) is 0. The van der Waals surface area contributed by atoms with Crippen LogP contribution < -0.4 is 5.32 Å². The number of carbonyl (C=O) groups is 2. The van der Waals surface area contributed by atoms with Crippen molar-refractivity contribution < 1.29 is 9.59 Å². The van der Waals surface area contributed by atoms with E-state index in [0.717, 1.165) is 6.42 Å². The van der Waals surface area contributed by atoms with Gasteiger partial charge < -0.3 is 10.2 Å². The average molecular weight is 254 g/mol. The van der Waals surface area contributed by atoms with Gasteiger partial charge in [-0.3, -0.25) is 9.59 Å². The molecule has 1 fully saturated rings. The second-order valence-electron chi connectivity index (χ2n) is 3.80. The van der Waals surface area contributed by atoms with Crippen molar-refractivity contribution in [1.82, 2.24) is 9.88 Å². The predicted molar refractivity (Wildman–Crippen MR) is 63.7 cm³/mol. The number of amides is 2. The van der Waals surface area contributed by atoms with E-state index < -0.39 is 0 Å². The third kappa shape index (κ3) is 2.94. The number of halogens is 1. The molecule has 1 saturated heterocycles. The molecule has 90 valence electrons. The highest BCUT2D eigenvalue weighted by atomic mass is 35.5. The van der Waals surface area contributed by atoms with Gasteiger partial charge in [0.2, 0.25) is 11.8 Å². The largest absolute Gasteiger partial charge is 0.333 e. The Kier molecular flexibility index (Phi) is 3.58. The van der Waals surface area contributed by atoms with E-state index in [0.29, 0.717) is 23.8 Å². The number of anilines is 1. The van der Waals surface area contributed by atoms with Gasteiger partial charge in [-0.2, -0.15) is 0 Å². The summed E-state index contributed by atoms with van der Waals surface area (Å²) < 4.78 is 0. The Labute approximate surface area is 104 Å². The minimum atomic E-state index is -0.277. The van der Waals surface area contributed by atoms with Gasteiger partial charge in [0, 0.05) is 19.2 Å². The highest BCUT2D eigenvalue weighted by molar-refractivity contribution is 6.33. The minimum absolute atomic E-state index is 0.0206. The van der Waals surface area contributed by atoms with E-state index >= 15 is 0 Å². The maximum absolute atomic E-state index is 11.7. The first-order valence-electron chi connectivity index (χ1n) is 5.35. The first-order valence-corrected chi connectivity index (χ1v) is 5.73. The molecule has 0 bridgehead atoms. The lowest BCUT2D eigenvalue weighted by atomic mass is 10.4. The number of hydrogen-bond acceptors (Lipinski definition) is 3. The number of nitrogens with zero attached hydrogens (tertiary/aromatic N) is 2. The van der Waals surface area contributed by atoms with Crippen molar-refractivity contribution in [1.29, 1.82) is 0 Å². The molecule has 0 spiro atoms. The SMILES string of the molecule is O=C(CN1CCCC1=O)Nc1ncccc1Cl. The highest BCUT2D eigenvalue weighted by Gasteiger charge is 2.22. The second kappa shape index (κ2) is 5.14. The first-order chi connectivity index (χ1) is 8.16. The summed E-state index contributed by atoms with van der Waals surface area (Å²) in [5, 5.41) is 2.96. The molecular weight excluding hydrogens is 242 g/mol. The molecule has 1 aromatic rings. The molecule has 17 heavy (non-hydrogen) atoms. The molecule has 1 aliphatic heterocycles. The van der Waals surface area contributed by atoms with E-state index in [1.807, 2.05) is 0 Å². The van der Waals surface area contributed by atoms with Crippen molar-refractivity contribution in [3.63, 3.8) is 0 Å². The topological polar surface area (TPSA) is 62.3 Å². The van der Waals surface area contributed by atoms with Crippen LogP contribution in [0.5, 0.6) is 0 Å². The van der Waals surface area contributed by atoms with E-state index in [4.69, 9.17) is 11.6 Å². The van der Waals surface area contributed by atoms with Gasteiger partial charge in [0.15, 0.2) is 5.82 Å². The zero-order valence-corrected chi connectivity index (χ0v) is 9.91. The molecule has 1 aromatic heterocycles. The van der Waals surface area contributed by atoms with Crippen LogP contribution in [0.2, 0.25) is 5.02 Å². The summed E-state index contributed by atoms with van der Waals surface area (Å²) in [6.07, 6.45) is 2.89. The number of nitrogens with one attached hydrogen (secondary N) is 1. The Morgan fingerprint density at radius 1 is 1.59 bits per heavy atom. The van der Waals surface area contributed by atoms with Gasteiger partial charge in [-0.25, -0.2) is 4.98 Å². The maximum Gasteiger partial charge on any atom is 0.245 e. The summed E-state index contributed by atoms with van der Waals surface area (Å²) in [4.78, 5) is 28.5. The average Bonchev–Trinajstić information content (AvgIpc) is 2.68. The van der Waals surface area contributed by atoms with E-state index in [2.05, 4.69) is 10.3 Å². The minimum Gasteiger partial charge on any atom is -0.333 e. The molecule has 0 atom stereocenters. The number of hydrogen-bond donors (Lipinski definition) is 1. The molecule has 2 amide bonds. The number of rotatable bonds is 3. The zero-order valence-electron chi connectivity index (χ0n) is 9.15. The molecule has 1 aliphatic rings. The molecule has 2 heterocycles.